The minimum Gasteiger partial charge on any atom is -0.508 e. The van der Waals surface area contributed by atoms with E-state index in [0.29, 0.717) is 4.88 Å². The summed E-state index contributed by atoms with van der Waals surface area (Å²) in [6.45, 7) is 0. The zero-order valence-corrected chi connectivity index (χ0v) is 11.3. The van der Waals surface area contributed by atoms with Crippen molar-refractivity contribution in [1.82, 2.24) is 5.32 Å². The molecule has 0 fully saturated rings. The number of nitrogens with one attached hydrogen (secondary N) is 1. The molecule has 0 bridgehead atoms. The van der Waals surface area contributed by atoms with E-state index in [1.165, 1.54) is 23.5 Å². The highest BCUT2D eigenvalue weighted by molar-refractivity contribution is 7.12. The third-order valence-corrected chi connectivity index (χ3v) is 3.59. The average molecular weight is 291 g/mol. The summed E-state index contributed by atoms with van der Waals surface area (Å²) in [5, 5.41) is 22.6. The first-order valence-electron chi connectivity index (χ1n) is 5.91. The second kappa shape index (κ2) is 6.21. The molecule has 20 heavy (non-hydrogen) atoms. The van der Waals surface area contributed by atoms with Crippen molar-refractivity contribution in [3.8, 4) is 5.75 Å². The molecule has 1 aromatic carbocycles. The molecule has 1 heterocycles. The Morgan fingerprint density at radius 3 is 2.45 bits per heavy atom. The summed E-state index contributed by atoms with van der Waals surface area (Å²) in [7, 11) is 0. The van der Waals surface area contributed by atoms with Crippen LogP contribution in [0, 0.1) is 0 Å². The Kier molecular flexibility index (Phi) is 4.37. The Hall–Kier alpha value is -2.34. The average Bonchev–Trinajstić information content (AvgIpc) is 2.94. The summed E-state index contributed by atoms with van der Waals surface area (Å²) in [5.74, 6) is -1.38. The van der Waals surface area contributed by atoms with E-state index in [4.69, 9.17) is 0 Å². The van der Waals surface area contributed by atoms with Crippen LogP contribution in [0.5, 0.6) is 5.75 Å². The molecule has 2 rings (SSSR count). The van der Waals surface area contributed by atoms with Crippen molar-refractivity contribution in [1.29, 1.82) is 0 Å². The molecule has 0 aliphatic rings. The molecule has 0 aliphatic heterocycles. The van der Waals surface area contributed by atoms with Crippen LogP contribution in [-0.2, 0) is 11.2 Å². The summed E-state index contributed by atoms with van der Waals surface area (Å²) in [5.41, 5.74) is 0.724. The molecule has 0 aliphatic carbocycles. The smallest absolute Gasteiger partial charge is 0.326 e. The van der Waals surface area contributed by atoms with Gasteiger partial charge in [0.1, 0.15) is 11.8 Å². The van der Waals surface area contributed by atoms with E-state index >= 15 is 0 Å². The molecule has 1 amide bonds. The lowest BCUT2D eigenvalue weighted by molar-refractivity contribution is -0.139. The van der Waals surface area contributed by atoms with Gasteiger partial charge >= 0.3 is 5.97 Å². The van der Waals surface area contributed by atoms with Crippen molar-refractivity contribution in [3.63, 3.8) is 0 Å². The first kappa shape index (κ1) is 14.1. The lowest BCUT2D eigenvalue weighted by Gasteiger charge is -2.14. The molecule has 5 nitrogen and oxygen atoms in total. The molecule has 104 valence electrons. The molecule has 1 unspecified atom stereocenters. The minimum absolute atomic E-state index is 0.114. The number of amides is 1. The van der Waals surface area contributed by atoms with Crippen molar-refractivity contribution in [2.75, 3.05) is 0 Å². The van der Waals surface area contributed by atoms with Gasteiger partial charge in [0.2, 0.25) is 0 Å². The standard InChI is InChI=1S/C14H13NO4S/c16-10-5-3-9(4-6-10)8-11(14(18)19)15-13(17)12-2-1-7-20-12/h1-7,11,16H,8H2,(H,15,17)(H,18,19). The Morgan fingerprint density at radius 1 is 1.20 bits per heavy atom. The number of hydrogen-bond acceptors (Lipinski definition) is 4. The van der Waals surface area contributed by atoms with E-state index in [0.717, 1.165) is 5.56 Å². The van der Waals surface area contributed by atoms with Crippen molar-refractivity contribution >= 4 is 23.2 Å². The number of aliphatic carboxylic acids is 1. The van der Waals surface area contributed by atoms with Crippen LogP contribution < -0.4 is 5.32 Å². The Bertz CT molecular complexity index is 592. The van der Waals surface area contributed by atoms with Crippen molar-refractivity contribution in [2.45, 2.75) is 12.5 Å². The number of phenols is 1. The van der Waals surface area contributed by atoms with E-state index in [1.807, 2.05) is 0 Å². The van der Waals surface area contributed by atoms with Crippen LogP contribution in [0.15, 0.2) is 41.8 Å². The van der Waals surface area contributed by atoms with Gasteiger partial charge in [-0.1, -0.05) is 18.2 Å². The SMILES string of the molecule is O=C(NC(Cc1ccc(O)cc1)C(=O)O)c1cccs1. The maximum Gasteiger partial charge on any atom is 0.326 e. The van der Waals surface area contributed by atoms with Crippen LogP contribution >= 0.6 is 11.3 Å². The number of carboxylic acids is 1. The molecular formula is C14H13NO4S. The fraction of sp³-hybridized carbons (Fsp3) is 0.143. The third-order valence-electron chi connectivity index (χ3n) is 2.72. The number of carbonyl (C=O) groups excluding carboxylic acids is 1. The summed E-state index contributed by atoms with van der Waals surface area (Å²) in [6.07, 6.45) is 0.159. The van der Waals surface area contributed by atoms with E-state index in [2.05, 4.69) is 5.32 Å². The number of carboxylic acid groups (broad SMARTS) is 1. The second-order valence-corrected chi connectivity index (χ2v) is 5.16. The predicted molar refractivity (Wildman–Crippen MR) is 75.0 cm³/mol. The zero-order chi connectivity index (χ0) is 14.5. The van der Waals surface area contributed by atoms with Gasteiger partial charge in [-0.25, -0.2) is 4.79 Å². The molecule has 2 aromatic rings. The number of thiophene rings is 1. The first-order valence-corrected chi connectivity index (χ1v) is 6.79. The van der Waals surface area contributed by atoms with Gasteiger partial charge in [0.15, 0.2) is 0 Å². The van der Waals surface area contributed by atoms with Gasteiger partial charge < -0.3 is 15.5 Å². The molecule has 0 saturated carbocycles. The van der Waals surface area contributed by atoms with Gasteiger partial charge in [-0.2, -0.15) is 0 Å². The largest absolute Gasteiger partial charge is 0.508 e. The van der Waals surface area contributed by atoms with Gasteiger partial charge in [-0.3, -0.25) is 4.79 Å². The van der Waals surface area contributed by atoms with Gasteiger partial charge in [-0.05, 0) is 29.1 Å². The molecule has 0 spiro atoms. The van der Waals surface area contributed by atoms with Crippen molar-refractivity contribution in [3.05, 3.63) is 52.2 Å². The number of carbonyl (C=O) groups is 2. The number of benzene rings is 1. The molecular weight excluding hydrogens is 278 g/mol. The quantitative estimate of drug-likeness (QED) is 0.785. The fourth-order valence-electron chi connectivity index (χ4n) is 1.70. The lowest BCUT2D eigenvalue weighted by Crippen LogP contribution is -2.42. The maximum atomic E-state index is 11.9. The minimum atomic E-state index is -1.09. The van der Waals surface area contributed by atoms with Crippen molar-refractivity contribution < 1.29 is 19.8 Å². The summed E-state index contributed by atoms with van der Waals surface area (Å²) in [6, 6.07) is 8.58. The van der Waals surface area contributed by atoms with Crippen LogP contribution in [0.4, 0.5) is 0 Å². The van der Waals surface area contributed by atoms with E-state index in [1.54, 1.807) is 29.6 Å². The van der Waals surface area contributed by atoms with Gasteiger partial charge in [0, 0.05) is 6.42 Å². The molecule has 1 aromatic heterocycles. The van der Waals surface area contributed by atoms with E-state index in [-0.39, 0.29) is 12.2 Å². The third kappa shape index (κ3) is 3.58. The zero-order valence-electron chi connectivity index (χ0n) is 10.4. The van der Waals surface area contributed by atoms with Crippen LogP contribution in [0.1, 0.15) is 15.2 Å². The first-order chi connectivity index (χ1) is 9.56. The molecule has 0 saturated heterocycles. The second-order valence-electron chi connectivity index (χ2n) is 4.21. The van der Waals surface area contributed by atoms with E-state index in [9.17, 15) is 19.8 Å². The fourth-order valence-corrected chi connectivity index (χ4v) is 2.33. The summed E-state index contributed by atoms with van der Waals surface area (Å²) in [4.78, 5) is 23.6. The number of rotatable bonds is 5. The molecule has 3 N–H and O–H groups in total. The highest BCUT2D eigenvalue weighted by Gasteiger charge is 2.21. The normalized spacial score (nSPS) is 11.8. The lowest BCUT2D eigenvalue weighted by atomic mass is 10.1. The topological polar surface area (TPSA) is 86.6 Å². The van der Waals surface area contributed by atoms with Crippen LogP contribution in [-0.4, -0.2) is 28.1 Å². The van der Waals surface area contributed by atoms with Gasteiger partial charge in [-0.15, -0.1) is 11.3 Å². The maximum absolute atomic E-state index is 11.9. The summed E-state index contributed by atoms with van der Waals surface area (Å²) < 4.78 is 0. The number of phenolic OH excluding ortho intramolecular Hbond substituents is 1. The number of hydrogen-bond donors (Lipinski definition) is 3. The van der Waals surface area contributed by atoms with Crippen LogP contribution in [0.3, 0.4) is 0 Å². The molecule has 1 atom stereocenters. The Balaban J connectivity index is 2.06. The summed E-state index contributed by atoms with van der Waals surface area (Å²) >= 11 is 1.25. The van der Waals surface area contributed by atoms with Gasteiger partial charge in [0.25, 0.3) is 5.91 Å². The molecule has 0 radical (unpaired) electrons. The monoisotopic (exact) mass is 291 g/mol. The van der Waals surface area contributed by atoms with Crippen LogP contribution in [0.2, 0.25) is 0 Å². The number of aromatic hydroxyl groups is 1. The highest BCUT2D eigenvalue weighted by Crippen LogP contribution is 2.13. The Labute approximate surface area is 119 Å². The van der Waals surface area contributed by atoms with Gasteiger partial charge in [0.05, 0.1) is 4.88 Å². The highest BCUT2D eigenvalue weighted by atomic mass is 32.1. The van der Waals surface area contributed by atoms with Crippen LogP contribution in [0.25, 0.3) is 0 Å². The molecule has 6 heteroatoms. The Morgan fingerprint density at radius 2 is 1.90 bits per heavy atom. The van der Waals surface area contributed by atoms with E-state index < -0.39 is 17.9 Å². The predicted octanol–water partition coefficient (Wildman–Crippen LogP) is 1.88. The van der Waals surface area contributed by atoms with Crippen molar-refractivity contribution in [2.24, 2.45) is 0 Å².